The van der Waals surface area contributed by atoms with Gasteiger partial charge in [0.2, 0.25) is 0 Å². The molecule has 0 heterocycles. The van der Waals surface area contributed by atoms with Gasteiger partial charge in [0.15, 0.2) is 0 Å². The van der Waals surface area contributed by atoms with Gasteiger partial charge in [-0.2, -0.15) is 0 Å². The molecule has 0 atom stereocenters. The molecular weight excluding hydrogens is 388 g/mol. The summed E-state index contributed by atoms with van der Waals surface area (Å²) in [6.45, 7) is 10.1. The standard InChI is InChI=1S/C30H43Si/c1-4-7-8-9-10-11-12-13-14-15-23-31(25-29-21-19-27(5-2)20-22-29)26-30-18-16-17-28(6-3)24-30/h5-6,16-22,24H,2-4,7-15,23,25-26H2,1H3. The molecule has 0 saturated carbocycles. The Hall–Kier alpha value is -1.86. The largest absolute Gasteiger partial charge is 0.0985 e. The fourth-order valence-electron chi connectivity index (χ4n) is 4.28. The number of benzene rings is 2. The second-order valence-corrected chi connectivity index (χ2v) is 11.6. The van der Waals surface area contributed by atoms with Crippen LogP contribution in [-0.4, -0.2) is 8.80 Å². The van der Waals surface area contributed by atoms with Crippen LogP contribution >= 0.6 is 0 Å². The Morgan fingerprint density at radius 3 is 1.84 bits per heavy atom. The van der Waals surface area contributed by atoms with Crippen LogP contribution in [0.2, 0.25) is 6.04 Å². The normalized spacial score (nSPS) is 11.0. The number of rotatable bonds is 17. The zero-order valence-electron chi connectivity index (χ0n) is 19.9. The third-order valence-corrected chi connectivity index (χ3v) is 9.07. The van der Waals surface area contributed by atoms with E-state index in [1.54, 1.807) is 0 Å². The van der Waals surface area contributed by atoms with Crippen LogP contribution in [0, 0.1) is 0 Å². The summed E-state index contributed by atoms with van der Waals surface area (Å²) in [7, 11) is -0.460. The first-order chi connectivity index (χ1) is 15.2. The summed E-state index contributed by atoms with van der Waals surface area (Å²) in [5.74, 6) is 0. The van der Waals surface area contributed by atoms with E-state index in [4.69, 9.17) is 0 Å². The van der Waals surface area contributed by atoms with Gasteiger partial charge in [-0.1, -0.05) is 162 Å². The van der Waals surface area contributed by atoms with Crippen LogP contribution in [0.5, 0.6) is 0 Å². The van der Waals surface area contributed by atoms with Gasteiger partial charge in [-0.25, -0.2) is 0 Å². The Balaban J connectivity index is 1.80. The van der Waals surface area contributed by atoms with Crippen molar-refractivity contribution in [1.29, 1.82) is 0 Å². The molecular formula is C30H43Si. The molecule has 31 heavy (non-hydrogen) atoms. The first kappa shape index (κ1) is 25.4. The first-order valence-corrected chi connectivity index (χ1v) is 14.6. The zero-order valence-corrected chi connectivity index (χ0v) is 20.9. The van der Waals surface area contributed by atoms with Crippen molar-refractivity contribution in [1.82, 2.24) is 0 Å². The molecule has 2 aromatic rings. The molecule has 0 aromatic heterocycles. The Kier molecular flexibility index (Phi) is 13.0. The molecule has 1 heteroatoms. The smallest absolute Gasteiger partial charge is 0.0571 e. The fraction of sp³-hybridized carbons (Fsp3) is 0.467. The molecule has 0 aliphatic rings. The van der Waals surface area contributed by atoms with Crippen LogP contribution in [0.3, 0.4) is 0 Å². The highest BCUT2D eigenvalue weighted by Crippen LogP contribution is 2.18. The fourth-order valence-corrected chi connectivity index (χ4v) is 7.12. The van der Waals surface area contributed by atoms with Crippen molar-refractivity contribution in [2.45, 2.75) is 89.3 Å². The van der Waals surface area contributed by atoms with Gasteiger partial charge < -0.3 is 0 Å². The van der Waals surface area contributed by atoms with Crippen LogP contribution in [0.25, 0.3) is 12.2 Å². The van der Waals surface area contributed by atoms with Crippen molar-refractivity contribution in [3.05, 3.63) is 83.9 Å². The van der Waals surface area contributed by atoms with Crippen molar-refractivity contribution in [2.24, 2.45) is 0 Å². The molecule has 0 N–H and O–H groups in total. The van der Waals surface area contributed by atoms with Gasteiger partial charge in [-0.3, -0.25) is 0 Å². The van der Waals surface area contributed by atoms with Crippen LogP contribution in [0.4, 0.5) is 0 Å². The average molecular weight is 432 g/mol. The van der Waals surface area contributed by atoms with Crippen molar-refractivity contribution in [3.8, 4) is 0 Å². The average Bonchev–Trinajstić information content (AvgIpc) is 2.80. The van der Waals surface area contributed by atoms with Crippen molar-refractivity contribution in [3.63, 3.8) is 0 Å². The first-order valence-electron chi connectivity index (χ1n) is 12.5. The third-order valence-electron chi connectivity index (χ3n) is 6.19. The number of unbranched alkanes of at least 4 members (excludes halogenated alkanes) is 9. The van der Waals surface area contributed by atoms with Crippen molar-refractivity contribution < 1.29 is 0 Å². The zero-order chi connectivity index (χ0) is 22.2. The third kappa shape index (κ3) is 10.8. The molecule has 1 radical (unpaired) electrons. The van der Waals surface area contributed by atoms with E-state index >= 15 is 0 Å². The highest BCUT2D eigenvalue weighted by atomic mass is 28.3. The lowest BCUT2D eigenvalue weighted by atomic mass is 10.1. The maximum Gasteiger partial charge on any atom is 0.0571 e. The highest BCUT2D eigenvalue weighted by Gasteiger charge is 2.13. The summed E-state index contributed by atoms with van der Waals surface area (Å²) in [6.07, 6.45) is 18.1. The lowest BCUT2D eigenvalue weighted by Gasteiger charge is -2.16. The van der Waals surface area contributed by atoms with Gasteiger partial charge in [-0.05, 0) is 23.2 Å². The van der Waals surface area contributed by atoms with Gasteiger partial charge >= 0.3 is 0 Å². The van der Waals surface area contributed by atoms with Crippen molar-refractivity contribution in [2.75, 3.05) is 0 Å². The van der Waals surface area contributed by atoms with Crippen molar-refractivity contribution >= 4 is 20.9 Å². The van der Waals surface area contributed by atoms with E-state index in [-0.39, 0.29) is 0 Å². The molecule has 0 spiro atoms. The summed E-state index contributed by atoms with van der Waals surface area (Å²) in [6, 6.07) is 21.9. The Morgan fingerprint density at radius 1 is 0.645 bits per heavy atom. The SMILES string of the molecule is C=Cc1ccc(C[Si](CCCCCCCCCCCC)Cc2cccc(C=C)c2)cc1. The summed E-state index contributed by atoms with van der Waals surface area (Å²) in [5, 5.41) is 0. The summed E-state index contributed by atoms with van der Waals surface area (Å²) in [5.41, 5.74) is 5.44. The van der Waals surface area contributed by atoms with E-state index in [2.05, 4.69) is 68.6 Å². The van der Waals surface area contributed by atoms with E-state index in [1.165, 1.54) is 105 Å². The minimum atomic E-state index is -0.460. The van der Waals surface area contributed by atoms with Crippen LogP contribution in [0.1, 0.15) is 93.4 Å². The Labute approximate surface area is 194 Å². The van der Waals surface area contributed by atoms with Gasteiger partial charge in [0, 0.05) is 0 Å². The molecule has 167 valence electrons. The number of hydrogen-bond acceptors (Lipinski definition) is 0. The van der Waals surface area contributed by atoms with Crippen LogP contribution < -0.4 is 0 Å². The maximum atomic E-state index is 3.94. The number of hydrogen-bond donors (Lipinski definition) is 0. The molecule has 0 amide bonds. The van der Waals surface area contributed by atoms with Crippen LogP contribution in [0.15, 0.2) is 61.7 Å². The molecule has 0 bridgehead atoms. The maximum absolute atomic E-state index is 3.94. The van der Waals surface area contributed by atoms with E-state index in [0.29, 0.717) is 0 Å². The molecule has 0 aliphatic carbocycles. The molecule has 0 unspecified atom stereocenters. The van der Waals surface area contributed by atoms with Gasteiger partial charge in [-0.15, -0.1) is 0 Å². The summed E-state index contributed by atoms with van der Waals surface area (Å²) >= 11 is 0. The van der Waals surface area contributed by atoms with Gasteiger partial charge in [0.05, 0.1) is 8.80 Å². The molecule has 0 nitrogen and oxygen atoms in total. The minimum absolute atomic E-state index is 0.460. The minimum Gasteiger partial charge on any atom is -0.0985 e. The summed E-state index contributed by atoms with van der Waals surface area (Å²) in [4.78, 5) is 0. The predicted octanol–water partition coefficient (Wildman–Crippen LogP) is 9.25. The van der Waals surface area contributed by atoms with E-state index in [1.807, 2.05) is 12.2 Å². The Bertz CT molecular complexity index is 743. The second-order valence-electron chi connectivity index (χ2n) is 8.93. The van der Waals surface area contributed by atoms with E-state index in [0.717, 1.165) is 0 Å². The van der Waals surface area contributed by atoms with Crippen LogP contribution in [-0.2, 0) is 12.1 Å². The quantitative estimate of drug-likeness (QED) is 0.173. The Morgan fingerprint density at radius 2 is 1.23 bits per heavy atom. The predicted molar refractivity (Wildman–Crippen MR) is 143 cm³/mol. The molecule has 0 saturated heterocycles. The van der Waals surface area contributed by atoms with Gasteiger partial charge in [0.1, 0.15) is 0 Å². The monoisotopic (exact) mass is 431 g/mol. The lowest BCUT2D eigenvalue weighted by molar-refractivity contribution is 0.561. The topological polar surface area (TPSA) is 0 Å². The van der Waals surface area contributed by atoms with E-state index < -0.39 is 8.80 Å². The van der Waals surface area contributed by atoms with Gasteiger partial charge in [0.25, 0.3) is 0 Å². The molecule has 0 aliphatic heterocycles. The molecule has 0 fully saturated rings. The molecule has 2 rings (SSSR count). The molecule has 2 aromatic carbocycles. The summed E-state index contributed by atoms with van der Waals surface area (Å²) < 4.78 is 0. The van der Waals surface area contributed by atoms with E-state index in [9.17, 15) is 0 Å². The second kappa shape index (κ2) is 15.9. The highest BCUT2D eigenvalue weighted by molar-refractivity contribution is 6.57. The lowest BCUT2D eigenvalue weighted by Crippen LogP contribution is -2.21.